The van der Waals surface area contributed by atoms with E-state index in [1.165, 1.54) is 0 Å². The first-order valence-corrected chi connectivity index (χ1v) is 17.6. The molecule has 21 nitrogen and oxygen atoms in total. The maximum atomic E-state index is 12.6. The number of nitrogens with one attached hydrogen (secondary N) is 1. The lowest BCUT2D eigenvalue weighted by Gasteiger charge is -2.48. The lowest BCUT2D eigenvalue weighted by atomic mass is 9.96. The topological polar surface area (TPSA) is 259 Å². The molecule has 2 fully saturated rings. The Balaban J connectivity index is 1.98. The Labute approximate surface area is 327 Å². The van der Waals surface area contributed by atoms with E-state index in [1.54, 1.807) is 24.3 Å². The van der Waals surface area contributed by atoms with E-state index in [-0.39, 0.29) is 19.8 Å². The highest BCUT2D eigenvalue weighted by atomic mass is 16.8. The van der Waals surface area contributed by atoms with Gasteiger partial charge in [-0.2, -0.15) is 0 Å². The number of esters is 7. The summed E-state index contributed by atoms with van der Waals surface area (Å²) in [7, 11) is 0. The Morgan fingerprint density at radius 3 is 1.47 bits per heavy atom. The molecule has 2 saturated heterocycles. The second kappa shape index (κ2) is 22.4. The molecule has 316 valence electrons. The molecular formula is C36H47NO20. The van der Waals surface area contributed by atoms with Crippen molar-refractivity contribution in [2.45, 2.75) is 116 Å². The fourth-order valence-corrected chi connectivity index (χ4v) is 5.71. The van der Waals surface area contributed by atoms with Crippen LogP contribution in [0.5, 0.6) is 0 Å². The van der Waals surface area contributed by atoms with Gasteiger partial charge in [-0.05, 0) is 5.56 Å². The van der Waals surface area contributed by atoms with Gasteiger partial charge in [-0.25, -0.2) is 4.79 Å². The van der Waals surface area contributed by atoms with Gasteiger partial charge in [0.25, 0.3) is 0 Å². The molecule has 3 rings (SSSR count). The van der Waals surface area contributed by atoms with Gasteiger partial charge in [0.1, 0.15) is 38.1 Å². The molecule has 0 radical (unpaired) electrons. The van der Waals surface area contributed by atoms with Crippen LogP contribution in [0.4, 0.5) is 4.79 Å². The molecule has 2 aliphatic heterocycles. The van der Waals surface area contributed by atoms with Gasteiger partial charge in [-0.1, -0.05) is 30.3 Å². The molecule has 1 N–H and O–H groups in total. The molecule has 0 bridgehead atoms. The van der Waals surface area contributed by atoms with Crippen molar-refractivity contribution in [2.75, 3.05) is 26.4 Å². The van der Waals surface area contributed by atoms with E-state index in [2.05, 4.69) is 5.32 Å². The molecule has 2 heterocycles. The van der Waals surface area contributed by atoms with Crippen LogP contribution in [0.25, 0.3) is 0 Å². The normalized spacial score (nSPS) is 26.7. The number of benzene rings is 1. The lowest BCUT2D eigenvalue weighted by molar-refractivity contribution is -0.361. The zero-order valence-electron chi connectivity index (χ0n) is 32.4. The minimum absolute atomic E-state index is 0.00335. The van der Waals surface area contributed by atoms with E-state index < -0.39 is 123 Å². The summed E-state index contributed by atoms with van der Waals surface area (Å²) in [6.45, 7) is 5.74. The summed E-state index contributed by atoms with van der Waals surface area (Å²) in [6.07, 6.45) is -16.8. The van der Waals surface area contributed by atoms with Crippen molar-refractivity contribution in [2.24, 2.45) is 0 Å². The standard InChI is InChI=1S/C36H47NO20/c1-18(38)47-16-26-28(50-20(3)40)30(51-21(4)41)33(54-24(7)44)35(56-26)57-29-27(17-48-19(2)39)55-34(32(53-23(6)43)31(29)52-22(5)42)46-14-13-37-36(45)49-15-25-11-9-8-10-12-25/h8-12,26-35H,13-17H2,1-7H3,(H,37,45)/t26-,27-,28+,29-,30+,31+,32-,33-,34?,35+/m1/s1. The maximum Gasteiger partial charge on any atom is 0.407 e. The largest absolute Gasteiger partial charge is 0.463 e. The molecule has 21 heteroatoms. The van der Waals surface area contributed by atoms with Crippen molar-refractivity contribution in [1.82, 2.24) is 5.32 Å². The third kappa shape index (κ3) is 15.2. The smallest absolute Gasteiger partial charge is 0.407 e. The van der Waals surface area contributed by atoms with Gasteiger partial charge in [-0.3, -0.25) is 33.6 Å². The van der Waals surface area contributed by atoms with Crippen LogP contribution in [-0.2, 0) is 97.0 Å². The van der Waals surface area contributed by atoms with Crippen molar-refractivity contribution < 1.29 is 95.2 Å². The number of alkyl carbamates (subject to hydrolysis) is 1. The van der Waals surface area contributed by atoms with Gasteiger partial charge >= 0.3 is 47.9 Å². The minimum Gasteiger partial charge on any atom is -0.463 e. The van der Waals surface area contributed by atoms with Gasteiger partial charge < -0.3 is 62.2 Å². The highest BCUT2D eigenvalue weighted by molar-refractivity contribution is 5.69. The van der Waals surface area contributed by atoms with E-state index in [1.807, 2.05) is 6.07 Å². The van der Waals surface area contributed by atoms with Crippen molar-refractivity contribution in [1.29, 1.82) is 0 Å². The summed E-state index contributed by atoms with van der Waals surface area (Å²) in [6, 6.07) is 8.91. The average Bonchev–Trinajstić information content (AvgIpc) is 3.11. The van der Waals surface area contributed by atoms with Crippen LogP contribution < -0.4 is 5.32 Å². The SMILES string of the molecule is CC(=O)OC[C@H]1O[C@@H](O[C@H]2[C@H](OC(C)=O)[C@@H](OC(C)=O)C(OCCNC(=O)OCc3ccccc3)O[C@@H]2COC(C)=O)[C@H](OC(C)=O)[C@@H](OC(C)=O)[C@H]1OC(C)=O. The quantitative estimate of drug-likeness (QED) is 0.128. The molecule has 0 aromatic heterocycles. The van der Waals surface area contributed by atoms with Gasteiger partial charge in [0.15, 0.2) is 43.1 Å². The number of hydrogen-bond acceptors (Lipinski definition) is 20. The summed E-state index contributed by atoms with van der Waals surface area (Å²) >= 11 is 0. The molecule has 1 aromatic carbocycles. The molecule has 1 amide bonds. The maximum absolute atomic E-state index is 12.6. The fourth-order valence-electron chi connectivity index (χ4n) is 5.71. The Bertz CT molecular complexity index is 1570. The number of carbonyl (C=O) groups excluding carboxylic acids is 8. The molecule has 57 heavy (non-hydrogen) atoms. The van der Waals surface area contributed by atoms with E-state index in [0.29, 0.717) is 0 Å². The predicted molar refractivity (Wildman–Crippen MR) is 184 cm³/mol. The number of amides is 1. The average molecular weight is 814 g/mol. The number of carbonyl (C=O) groups is 8. The molecule has 0 saturated carbocycles. The summed E-state index contributed by atoms with van der Waals surface area (Å²) in [4.78, 5) is 98.1. The molecule has 0 spiro atoms. The number of ether oxygens (including phenoxy) is 12. The molecule has 1 aromatic rings. The second-order valence-electron chi connectivity index (χ2n) is 12.5. The van der Waals surface area contributed by atoms with Gasteiger partial charge in [-0.15, -0.1) is 0 Å². The van der Waals surface area contributed by atoms with Crippen molar-refractivity contribution in [3.63, 3.8) is 0 Å². The predicted octanol–water partition coefficient (Wildman–Crippen LogP) is 0.549. The Morgan fingerprint density at radius 1 is 0.526 bits per heavy atom. The van der Waals surface area contributed by atoms with Crippen LogP contribution in [0.15, 0.2) is 30.3 Å². The molecule has 1 unspecified atom stereocenters. The molecule has 0 aliphatic carbocycles. The van der Waals surface area contributed by atoms with Gasteiger partial charge in [0.2, 0.25) is 0 Å². The van der Waals surface area contributed by atoms with E-state index >= 15 is 0 Å². The first-order valence-electron chi connectivity index (χ1n) is 17.6. The lowest BCUT2D eigenvalue weighted by Crippen LogP contribution is -2.67. The summed E-state index contributed by atoms with van der Waals surface area (Å²) < 4.78 is 67.3. The van der Waals surface area contributed by atoms with E-state index in [4.69, 9.17) is 56.8 Å². The Kier molecular flexibility index (Phi) is 18.1. The van der Waals surface area contributed by atoms with Crippen LogP contribution in [0.2, 0.25) is 0 Å². The van der Waals surface area contributed by atoms with Gasteiger partial charge in [0.05, 0.1) is 6.61 Å². The van der Waals surface area contributed by atoms with Crippen LogP contribution in [0.1, 0.15) is 54.0 Å². The van der Waals surface area contributed by atoms with Gasteiger partial charge in [0, 0.05) is 55.0 Å². The second-order valence-corrected chi connectivity index (χ2v) is 12.5. The summed E-state index contributed by atoms with van der Waals surface area (Å²) in [5.41, 5.74) is 0.750. The first kappa shape index (κ1) is 46.0. The molecule has 10 atom stereocenters. The van der Waals surface area contributed by atoms with Crippen LogP contribution >= 0.6 is 0 Å². The Morgan fingerprint density at radius 2 is 0.965 bits per heavy atom. The molecular weight excluding hydrogens is 766 g/mol. The fraction of sp³-hybridized carbons (Fsp3) is 0.611. The van der Waals surface area contributed by atoms with Crippen molar-refractivity contribution >= 4 is 47.9 Å². The van der Waals surface area contributed by atoms with E-state index in [9.17, 15) is 38.4 Å². The van der Waals surface area contributed by atoms with Crippen LogP contribution in [0, 0.1) is 0 Å². The Hall–Kier alpha value is -5.38. The highest BCUT2D eigenvalue weighted by Crippen LogP contribution is 2.35. The number of hydrogen-bond donors (Lipinski definition) is 1. The zero-order valence-corrected chi connectivity index (χ0v) is 32.4. The van der Waals surface area contributed by atoms with Crippen LogP contribution in [-0.4, -0.2) is 136 Å². The van der Waals surface area contributed by atoms with Crippen molar-refractivity contribution in [3.05, 3.63) is 35.9 Å². The van der Waals surface area contributed by atoms with Crippen LogP contribution in [0.3, 0.4) is 0 Å². The first-order chi connectivity index (χ1) is 26.9. The summed E-state index contributed by atoms with van der Waals surface area (Å²) in [5, 5.41) is 2.50. The number of rotatable bonds is 17. The minimum atomic E-state index is -1.83. The van der Waals surface area contributed by atoms with E-state index in [0.717, 1.165) is 54.0 Å². The third-order valence-electron chi connectivity index (χ3n) is 7.75. The third-order valence-corrected chi connectivity index (χ3v) is 7.75. The summed E-state index contributed by atoms with van der Waals surface area (Å²) in [5.74, 6) is -6.07. The highest BCUT2D eigenvalue weighted by Gasteiger charge is 2.57. The zero-order chi connectivity index (χ0) is 42.2. The van der Waals surface area contributed by atoms with Crippen molar-refractivity contribution in [3.8, 4) is 0 Å². The monoisotopic (exact) mass is 813 g/mol. The molecule has 2 aliphatic rings.